The van der Waals surface area contributed by atoms with E-state index in [9.17, 15) is 14.4 Å². The summed E-state index contributed by atoms with van der Waals surface area (Å²) in [6.45, 7) is 4.15. The molecule has 0 aliphatic carbocycles. The van der Waals surface area contributed by atoms with E-state index in [-0.39, 0.29) is 23.3 Å². The number of carbonyl (C=O) groups excluding carboxylic acids is 2. The van der Waals surface area contributed by atoms with Crippen LogP contribution in [0.4, 0.5) is 11.5 Å². The van der Waals surface area contributed by atoms with Gasteiger partial charge in [0.15, 0.2) is 0 Å². The molecule has 41 heavy (non-hydrogen) atoms. The molecule has 5 aromatic rings. The molecule has 0 fully saturated rings. The molecule has 0 saturated heterocycles. The smallest absolute Gasteiger partial charge is 0.294 e. The fourth-order valence-corrected chi connectivity index (χ4v) is 6.06. The standard InChI is InChI=1S/C28H26N8O4S/c1-3-15-8-20(26(37)33-12-17-7-16-11-31-23(29)10-22(16)41-17)36-25(15)32-13-19(28(36)39)34-27(38)21-9-18(35-40-21)24-14(2)5-4-6-30-24/h4-7,9-11,13,15,20H,3,8,12H2,1-2H3,(H2,29,31)(H,33,37)(H,34,38)/t15-,20+/m1/s1. The zero-order valence-electron chi connectivity index (χ0n) is 22.2. The Balaban J connectivity index is 1.21. The number of nitrogens with two attached hydrogens (primary N) is 1. The first-order valence-electron chi connectivity index (χ1n) is 13.1. The van der Waals surface area contributed by atoms with Gasteiger partial charge in [-0.3, -0.25) is 23.9 Å². The minimum absolute atomic E-state index is 0.0603. The van der Waals surface area contributed by atoms with Gasteiger partial charge in [0.05, 0.1) is 18.4 Å². The number of rotatable bonds is 7. The molecule has 0 radical (unpaired) electrons. The predicted octanol–water partition coefficient (Wildman–Crippen LogP) is 3.80. The summed E-state index contributed by atoms with van der Waals surface area (Å²) in [6.07, 6.45) is 5.79. The van der Waals surface area contributed by atoms with Gasteiger partial charge in [-0.25, -0.2) is 9.97 Å². The highest BCUT2D eigenvalue weighted by Crippen LogP contribution is 2.36. The lowest BCUT2D eigenvalue weighted by Crippen LogP contribution is -2.36. The van der Waals surface area contributed by atoms with Crippen molar-refractivity contribution in [3.63, 3.8) is 0 Å². The Hall–Kier alpha value is -4.91. The van der Waals surface area contributed by atoms with E-state index in [1.165, 1.54) is 28.2 Å². The minimum Gasteiger partial charge on any atom is -0.384 e. The Morgan fingerprint density at radius 3 is 2.85 bits per heavy atom. The van der Waals surface area contributed by atoms with Crippen LogP contribution < -0.4 is 21.9 Å². The molecule has 2 atom stereocenters. The third-order valence-corrected chi connectivity index (χ3v) is 8.24. The fourth-order valence-electron chi connectivity index (χ4n) is 5.04. The van der Waals surface area contributed by atoms with Crippen LogP contribution >= 0.6 is 11.3 Å². The summed E-state index contributed by atoms with van der Waals surface area (Å²) in [5.74, 6) is -0.162. The molecule has 0 spiro atoms. The molecule has 2 amide bonds. The van der Waals surface area contributed by atoms with Crippen LogP contribution in [0.5, 0.6) is 0 Å². The van der Waals surface area contributed by atoms with Crippen molar-refractivity contribution < 1.29 is 14.1 Å². The van der Waals surface area contributed by atoms with Crippen molar-refractivity contribution in [1.29, 1.82) is 0 Å². The fraction of sp³-hybridized carbons (Fsp3) is 0.250. The van der Waals surface area contributed by atoms with E-state index in [1.54, 1.807) is 24.5 Å². The van der Waals surface area contributed by atoms with Crippen molar-refractivity contribution >= 4 is 44.7 Å². The molecule has 6 rings (SSSR count). The van der Waals surface area contributed by atoms with Crippen molar-refractivity contribution in [3.05, 3.63) is 81.3 Å². The molecule has 12 nitrogen and oxygen atoms in total. The summed E-state index contributed by atoms with van der Waals surface area (Å²) in [6, 6.07) is 8.13. The van der Waals surface area contributed by atoms with E-state index in [1.807, 2.05) is 26.0 Å². The van der Waals surface area contributed by atoms with Gasteiger partial charge in [0.25, 0.3) is 11.5 Å². The molecular weight excluding hydrogens is 544 g/mol. The van der Waals surface area contributed by atoms with E-state index in [0.717, 1.165) is 20.5 Å². The van der Waals surface area contributed by atoms with Crippen LogP contribution in [0.1, 0.15) is 58.5 Å². The Labute approximate surface area is 237 Å². The number of amides is 2. The van der Waals surface area contributed by atoms with Crippen LogP contribution in [0.3, 0.4) is 0 Å². The number of hydrogen-bond acceptors (Lipinski definition) is 10. The van der Waals surface area contributed by atoms with Crippen molar-refractivity contribution in [2.45, 2.75) is 45.2 Å². The van der Waals surface area contributed by atoms with Gasteiger partial charge in [-0.2, -0.15) is 0 Å². The Morgan fingerprint density at radius 1 is 1.20 bits per heavy atom. The highest BCUT2D eigenvalue weighted by Gasteiger charge is 2.37. The van der Waals surface area contributed by atoms with Gasteiger partial charge in [-0.1, -0.05) is 18.1 Å². The average molecular weight is 571 g/mol. The Kier molecular flexibility index (Phi) is 6.79. The van der Waals surface area contributed by atoms with Crippen LogP contribution in [0.15, 0.2) is 58.2 Å². The number of aryl methyl sites for hydroxylation is 1. The third-order valence-electron chi connectivity index (χ3n) is 7.15. The number of thiophene rings is 1. The second-order valence-corrected chi connectivity index (χ2v) is 11.0. The lowest BCUT2D eigenvalue weighted by atomic mass is 10.0. The SMILES string of the molecule is CC[C@@H]1C[C@@H](C(=O)NCc2cc3cnc(N)cc3s2)n2c1ncc(NC(=O)c1cc(-c3ncccc3C)no1)c2=O. The van der Waals surface area contributed by atoms with Crippen molar-refractivity contribution in [3.8, 4) is 11.4 Å². The first-order chi connectivity index (χ1) is 19.8. The summed E-state index contributed by atoms with van der Waals surface area (Å²) < 4.78 is 7.60. The monoisotopic (exact) mass is 570 g/mol. The van der Waals surface area contributed by atoms with Crippen LogP contribution in [0.25, 0.3) is 21.5 Å². The topological polar surface area (TPSA) is 171 Å². The molecule has 0 saturated carbocycles. The van der Waals surface area contributed by atoms with Crippen molar-refractivity contribution in [1.82, 2.24) is 30.0 Å². The van der Waals surface area contributed by atoms with Gasteiger partial charge >= 0.3 is 0 Å². The van der Waals surface area contributed by atoms with Crippen LogP contribution in [-0.4, -0.2) is 36.5 Å². The second-order valence-electron chi connectivity index (χ2n) is 9.84. The summed E-state index contributed by atoms with van der Waals surface area (Å²) >= 11 is 1.52. The average Bonchev–Trinajstić information content (AvgIpc) is 3.70. The molecule has 1 aliphatic rings. The predicted molar refractivity (Wildman–Crippen MR) is 153 cm³/mol. The number of nitrogen functional groups attached to an aromatic ring is 1. The zero-order chi connectivity index (χ0) is 28.7. The zero-order valence-corrected chi connectivity index (χ0v) is 23.1. The van der Waals surface area contributed by atoms with Gasteiger partial charge in [0, 0.05) is 39.3 Å². The molecule has 0 aromatic carbocycles. The summed E-state index contributed by atoms with van der Waals surface area (Å²) in [5.41, 5.74) is 7.07. The first-order valence-corrected chi connectivity index (χ1v) is 13.9. The van der Waals surface area contributed by atoms with E-state index < -0.39 is 17.5 Å². The number of hydrogen-bond donors (Lipinski definition) is 3. The van der Waals surface area contributed by atoms with E-state index in [4.69, 9.17) is 10.3 Å². The second kappa shape index (κ2) is 10.6. The van der Waals surface area contributed by atoms with Gasteiger partial charge in [-0.05, 0) is 43.5 Å². The van der Waals surface area contributed by atoms with Gasteiger partial charge < -0.3 is 20.9 Å². The maximum Gasteiger partial charge on any atom is 0.294 e. The van der Waals surface area contributed by atoms with E-state index in [2.05, 4.69) is 30.7 Å². The number of pyridine rings is 2. The van der Waals surface area contributed by atoms with Crippen LogP contribution in [0, 0.1) is 6.92 Å². The van der Waals surface area contributed by atoms with E-state index >= 15 is 0 Å². The molecular formula is C28H26N8O4S. The van der Waals surface area contributed by atoms with Crippen LogP contribution in [0.2, 0.25) is 0 Å². The van der Waals surface area contributed by atoms with E-state index in [0.29, 0.717) is 42.4 Å². The molecule has 6 heterocycles. The largest absolute Gasteiger partial charge is 0.384 e. The number of anilines is 2. The number of nitrogens with one attached hydrogen (secondary N) is 2. The van der Waals surface area contributed by atoms with Crippen LogP contribution in [-0.2, 0) is 11.3 Å². The maximum absolute atomic E-state index is 13.6. The molecule has 0 bridgehead atoms. The Morgan fingerprint density at radius 2 is 2.05 bits per heavy atom. The molecule has 4 N–H and O–H groups in total. The molecule has 5 aromatic heterocycles. The molecule has 208 valence electrons. The first kappa shape index (κ1) is 26.3. The summed E-state index contributed by atoms with van der Waals surface area (Å²) in [5, 5.41) is 10.4. The Bertz CT molecular complexity index is 1860. The lowest BCUT2D eigenvalue weighted by Gasteiger charge is -2.15. The van der Waals surface area contributed by atoms with Crippen molar-refractivity contribution in [2.75, 3.05) is 11.1 Å². The lowest BCUT2D eigenvalue weighted by molar-refractivity contribution is -0.124. The van der Waals surface area contributed by atoms with Gasteiger partial charge in [-0.15, -0.1) is 11.3 Å². The third kappa shape index (κ3) is 4.95. The molecule has 0 unspecified atom stereocenters. The number of fused-ring (bicyclic) bond motifs is 2. The van der Waals surface area contributed by atoms with Gasteiger partial charge in [0.2, 0.25) is 11.7 Å². The normalized spacial score (nSPS) is 16.0. The highest BCUT2D eigenvalue weighted by atomic mass is 32.1. The number of carbonyl (C=O) groups is 2. The maximum atomic E-state index is 13.6. The molecule has 13 heteroatoms. The number of aromatic nitrogens is 5. The molecule has 1 aliphatic heterocycles. The minimum atomic E-state index is -0.762. The quantitative estimate of drug-likeness (QED) is 0.263. The summed E-state index contributed by atoms with van der Waals surface area (Å²) in [4.78, 5) is 53.6. The highest BCUT2D eigenvalue weighted by molar-refractivity contribution is 7.19. The van der Waals surface area contributed by atoms with Gasteiger partial charge in [0.1, 0.15) is 29.1 Å². The summed E-state index contributed by atoms with van der Waals surface area (Å²) in [7, 11) is 0. The number of nitrogens with zero attached hydrogens (tertiary/aromatic N) is 5. The van der Waals surface area contributed by atoms with Crippen molar-refractivity contribution in [2.24, 2.45) is 0 Å².